The van der Waals surface area contributed by atoms with Gasteiger partial charge in [0.1, 0.15) is 0 Å². The fourth-order valence-corrected chi connectivity index (χ4v) is 2.73. The number of hydrogen-bond acceptors (Lipinski definition) is 3. The predicted molar refractivity (Wildman–Crippen MR) is 97.4 cm³/mol. The van der Waals surface area contributed by atoms with E-state index >= 15 is 0 Å². The summed E-state index contributed by atoms with van der Waals surface area (Å²) >= 11 is 0. The molecule has 3 rings (SSSR count). The number of unbranched alkanes of at least 4 members (excludes halogenated alkanes) is 1. The molecule has 0 unspecified atom stereocenters. The largest absolute Gasteiger partial charge is 0.488 e. The summed E-state index contributed by atoms with van der Waals surface area (Å²) in [5.41, 5.74) is 4.66. The van der Waals surface area contributed by atoms with Crippen LogP contribution in [0.25, 0.3) is 16.9 Å². The minimum atomic E-state index is -1.44. The zero-order valence-corrected chi connectivity index (χ0v) is 13.8. The average Bonchev–Trinajstić information content (AvgIpc) is 3.05. The van der Waals surface area contributed by atoms with Crippen molar-refractivity contribution in [2.75, 3.05) is 0 Å². The molecule has 0 radical (unpaired) electrons. The molecule has 2 N–H and O–H groups in total. The van der Waals surface area contributed by atoms with Crippen LogP contribution in [0, 0.1) is 0 Å². The minimum Gasteiger partial charge on any atom is -0.423 e. The van der Waals surface area contributed by atoms with Gasteiger partial charge in [0.2, 0.25) is 0 Å². The Morgan fingerprint density at radius 1 is 1.00 bits per heavy atom. The molecule has 0 atom stereocenters. The van der Waals surface area contributed by atoms with Crippen LogP contribution >= 0.6 is 0 Å². The number of aromatic nitrogens is 2. The third-order valence-corrected chi connectivity index (χ3v) is 4.09. The van der Waals surface area contributed by atoms with Crippen molar-refractivity contribution in [2.45, 2.75) is 26.2 Å². The molecule has 0 spiro atoms. The van der Waals surface area contributed by atoms with Crippen molar-refractivity contribution in [3.63, 3.8) is 0 Å². The van der Waals surface area contributed by atoms with E-state index in [1.165, 1.54) is 5.56 Å². The molecule has 0 fully saturated rings. The summed E-state index contributed by atoms with van der Waals surface area (Å²) < 4.78 is 1.91. The van der Waals surface area contributed by atoms with Crippen LogP contribution < -0.4 is 5.46 Å². The smallest absolute Gasteiger partial charge is 0.423 e. The summed E-state index contributed by atoms with van der Waals surface area (Å²) in [6, 6.07) is 17.3. The van der Waals surface area contributed by atoms with E-state index < -0.39 is 7.12 Å². The van der Waals surface area contributed by atoms with Gasteiger partial charge in [0, 0.05) is 11.8 Å². The lowest BCUT2D eigenvalue weighted by Crippen LogP contribution is -2.29. The first-order chi connectivity index (χ1) is 11.7. The van der Waals surface area contributed by atoms with Crippen molar-refractivity contribution in [2.24, 2.45) is 0 Å². The van der Waals surface area contributed by atoms with E-state index in [2.05, 4.69) is 13.1 Å². The fraction of sp³-hybridized carbons (Fsp3) is 0.211. The summed E-state index contributed by atoms with van der Waals surface area (Å²) in [5, 5.41) is 23.3. The summed E-state index contributed by atoms with van der Waals surface area (Å²) in [5.74, 6) is 0. The highest BCUT2D eigenvalue weighted by molar-refractivity contribution is 6.58. The predicted octanol–water partition coefficient (Wildman–Crippen LogP) is 2.56. The van der Waals surface area contributed by atoms with Gasteiger partial charge in [-0.25, -0.2) is 4.68 Å². The highest BCUT2D eigenvalue weighted by atomic mass is 16.4. The van der Waals surface area contributed by atoms with Gasteiger partial charge in [-0.15, -0.1) is 0 Å². The van der Waals surface area contributed by atoms with E-state index in [0.717, 1.165) is 36.2 Å². The van der Waals surface area contributed by atoms with Gasteiger partial charge in [-0.3, -0.25) is 0 Å². The minimum absolute atomic E-state index is 0.483. The number of benzene rings is 2. The summed E-state index contributed by atoms with van der Waals surface area (Å²) in [6.45, 7) is 2.18. The van der Waals surface area contributed by atoms with Crippen LogP contribution in [0.15, 0.2) is 60.8 Å². The van der Waals surface area contributed by atoms with Gasteiger partial charge in [0.15, 0.2) is 0 Å². The molecule has 1 heterocycles. The maximum absolute atomic E-state index is 9.24. The molecule has 4 nitrogen and oxygen atoms in total. The normalized spacial score (nSPS) is 10.8. The van der Waals surface area contributed by atoms with Crippen molar-refractivity contribution in [3.8, 4) is 16.9 Å². The van der Waals surface area contributed by atoms with Gasteiger partial charge in [0.25, 0.3) is 0 Å². The Morgan fingerprint density at radius 2 is 1.71 bits per heavy atom. The van der Waals surface area contributed by atoms with Gasteiger partial charge in [-0.1, -0.05) is 55.8 Å². The quantitative estimate of drug-likeness (QED) is 0.686. The molecule has 3 aromatic rings. The maximum atomic E-state index is 9.24. The van der Waals surface area contributed by atoms with Crippen LogP contribution in [0.4, 0.5) is 0 Å². The Hall–Kier alpha value is -2.37. The van der Waals surface area contributed by atoms with Crippen molar-refractivity contribution in [3.05, 3.63) is 66.4 Å². The van der Waals surface area contributed by atoms with Gasteiger partial charge >= 0.3 is 7.12 Å². The average molecular weight is 320 g/mol. The number of hydrogen-bond donors (Lipinski definition) is 2. The molecule has 0 aliphatic carbocycles. The van der Waals surface area contributed by atoms with E-state index in [4.69, 9.17) is 5.10 Å². The fourth-order valence-electron chi connectivity index (χ4n) is 2.73. The highest BCUT2D eigenvalue weighted by Crippen LogP contribution is 2.24. The van der Waals surface area contributed by atoms with Gasteiger partial charge < -0.3 is 10.0 Å². The second-order valence-electron chi connectivity index (χ2n) is 5.88. The zero-order valence-electron chi connectivity index (χ0n) is 13.8. The lowest BCUT2D eigenvalue weighted by atomic mass is 9.80. The molecule has 2 aromatic carbocycles. The Morgan fingerprint density at radius 3 is 2.33 bits per heavy atom. The van der Waals surface area contributed by atoms with Crippen LogP contribution in [-0.4, -0.2) is 26.9 Å². The molecular formula is C19H21BN2O2. The second-order valence-corrected chi connectivity index (χ2v) is 5.88. The van der Waals surface area contributed by atoms with Gasteiger partial charge in [0.05, 0.1) is 11.4 Å². The van der Waals surface area contributed by atoms with E-state index in [1.54, 1.807) is 12.1 Å². The summed E-state index contributed by atoms with van der Waals surface area (Å²) in [7, 11) is -1.44. The van der Waals surface area contributed by atoms with Crippen LogP contribution in [0.1, 0.15) is 25.3 Å². The molecule has 0 amide bonds. The Bertz CT molecular complexity index is 783. The molecule has 1 aromatic heterocycles. The summed E-state index contributed by atoms with van der Waals surface area (Å²) in [6.07, 6.45) is 5.31. The molecule has 0 saturated heterocycles. The standard InChI is InChI=1S/C19H21BN2O2/c1-2-3-7-16-14-22(18-8-5-4-6-9-18)21-19(16)15-10-12-17(13-11-15)20(23)24/h4-6,8-14,23-24H,2-3,7H2,1H3. The van der Waals surface area contributed by atoms with Gasteiger partial charge in [-0.2, -0.15) is 5.10 Å². The molecule has 0 bridgehead atoms. The zero-order chi connectivity index (χ0) is 16.9. The number of aryl methyl sites for hydroxylation is 1. The molecule has 0 aliphatic rings. The van der Waals surface area contributed by atoms with Crippen molar-refractivity contribution < 1.29 is 10.0 Å². The van der Waals surface area contributed by atoms with E-state index in [-0.39, 0.29) is 0 Å². The first kappa shape index (κ1) is 16.5. The number of rotatable bonds is 6. The van der Waals surface area contributed by atoms with Gasteiger partial charge in [-0.05, 0) is 36.0 Å². The Balaban J connectivity index is 2.00. The first-order valence-corrected chi connectivity index (χ1v) is 8.29. The highest BCUT2D eigenvalue weighted by Gasteiger charge is 2.14. The summed E-state index contributed by atoms with van der Waals surface area (Å²) in [4.78, 5) is 0. The molecule has 0 aliphatic heterocycles. The number of nitrogens with zero attached hydrogens (tertiary/aromatic N) is 2. The Kier molecular flexibility index (Phi) is 5.13. The third kappa shape index (κ3) is 3.58. The van der Waals surface area contributed by atoms with Crippen LogP contribution in [-0.2, 0) is 6.42 Å². The molecule has 24 heavy (non-hydrogen) atoms. The van der Waals surface area contributed by atoms with E-state index in [1.807, 2.05) is 47.1 Å². The maximum Gasteiger partial charge on any atom is 0.488 e. The molecular weight excluding hydrogens is 299 g/mol. The monoisotopic (exact) mass is 320 g/mol. The van der Waals surface area contributed by atoms with Crippen LogP contribution in [0.2, 0.25) is 0 Å². The van der Waals surface area contributed by atoms with E-state index in [0.29, 0.717) is 5.46 Å². The lowest BCUT2D eigenvalue weighted by molar-refractivity contribution is 0.426. The second kappa shape index (κ2) is 7.47. The number of para-hydroxylation sites is 1. The van der Waals surface area contributed by atoms with Crippen molar-refractivity contribution in [1.82, 2.24) is 9.78 Å². The van der Waals surface area contributed by atoms with E-state index in [9.17, 15) is 10.0 Å². The lowest BCUT2D eigenvalue weighted by Gasteiger charge is -2.04. The molecule has 122 valence electrons. The Labute approximate surface area is 142 Å². The molecule has 0 saturated carbocycles. The molecule has 5 heteroatoms. The van der Waals surface area contributed by atoms with Crippen molar-refractivity contribution >= 4 is 12.6 Å². The van der Waals surface area contributed by atoms with Crippen LogP contribution in [0.5, 0.6) is 0 Å². The van der Waals surface area contributed by atoms with Crippen LogP contribution in [0.3, 0.4) is 0 Å². The first-order valence-electron chi connectivity index (χ1n) is 8.29. The SMILES string of the molecule is CCCCc1cn(-c2ccccc2)nc1-c1ccc(B(O)O)cc1. The topological polar surface area (TPSA) is 58.3 Å². The third-order valence-electron chi connectivity index (χ3n) is 4.09. The van der Waals surface area contributed by atoms with Crippen molar-refractivity contribution in [1.29, 1.82) is 0 Å².